The van der Waals surface area contributed by atoms with Crippen LogP contribution in [0, 0.1) is 0 Å². The Labute approximate surface area is 168 Å². The Kier molecular flexibility index (Phi) is 27.2. The number of carbonyl (C=O) groups excluding carboxylic acids is 1. The number of nitrogens with one attached hydrogen (secondary N) is 1. The number of carbonyl (C=O) groups is 1. The Morgan fingerprint density at radius 1 is 0.778 bits per heavy atom. The first-order valence-electron chi connectivity index (χ1n) is 10.8. The molecule has 27 heavy (non-hydrogen) atoms. The van der Waals surface area contributed by atoms with Crippen LogP contribution < -0.4 is 5.32 Å². The maximum Gasteiger partial charge on any atom is 0.220 e. The predicted octanol–water partition coefficient (Wildman–Crippen LogP) is 6.27. The van der Waals surface area contributed by atoms with Gasteiger partial charge < -0.3 is 10.4 Å². The molecule has 0 aliphatic heterocycles. The third-order valence-corrected chi connectivity index (χ3v) is 3.67. The summed E-state index contributed by atoms with van der Waals surface area (Å²) in [6.07, 6.45) is 28.0. The SMILES string of the molecule is CC.CCCCC/C=C\C/C=C\C/C=C\C/C=C\CCCC(=O)NCCO. The van der Waals surface area contributed by atoms with Crippen LogP contribution in [-0.4, -0.2) is 24.2 Å². The van der Waals surface area contributed by atoms with Crippen LogP contribution in [0.5, 0.6) is 0 Å². The van der Waals surface area contributed by atoms with Crippen molar-refractivity contribution in [3.05, 3.63) is 48.6 Å². The molecule has 0 atom stereocenters. The molecule has 1 amide bonds. The number of hydrogen-bond acceptors (Lipinski definition) is 2. The van der Waals surface area contributed by atoms with Crippen LogP contribution in [0.4, 0.5) is 0 Å². The van der Waals surface area contributed by atoms with Gasteiger partial charge in [-0.15, -0.1) is 0 Å². The largest absolute Gasteiger partial charge is 0.395 e. The zero-order valence-electron chi connectivity index (χ0n) is 18.0. The molecule has 0 heterocycles. The van der Waals surface area contributed by atoms with E-state index >= 15 is 0 Å². The van der Waals surface area contributed by atoms with E-state index in [1.807, 2.05) is 13.8 Å². The molecule has 0 bridgehead atoms. The van der Waals surface area contributed by atoms with E-state index in [9.17, 15) is 4.79 Å². The highest BCUT2D eigenvalue weighted by atomic mass is 16.3. The van der Waals surface area contributed by atoms with Gasteiger partial charge in [0.15, 0.2) is 0 Å². The molecule has 3 heteroatoms. The topological polar surface area (TPSA) is 49.3 Å². The van der Waals surface area contributed by atoms with Crippen LogP contribution in [0.25, 0.3) is 0 Å². The van der Waals surface area contributed by atoms with Crippen LogP contribution in [0.2, 0.25) is 0 Å². The van der Waals surface area contributed by atoms with Gasteiger partial charge in [-0.3, -0.25) is 4.79 Å². The fraction of sp³-hybridized carbons (Fsp3) is 0.625. The van der Waals surface area contributed by atoms with Gasteiger partial charge in [-0.05, 0) is 44.9 Å². The molecule has 3 nitrogen and oxygen atoms in total. The molecular weight excluding hydrogens is 334 g/mol. The summed E-state index contributed by atoms with van der Waals surface area (Å²) in [6.45, 7) is 6.59. The Balaban J connectivity index is 0. The van der Waals surface area contributed by atoms with E-state index in [0.717, 1.165) is 32.1 Å². The second-order valence-corrected chi connectivity index (χ2v) is 6.05. The van der Waals surface area contributed by atoms with Crippen LogP contribution in [0.15, 0.2) is 48.6 Å². The lowest BCUT2D eigenvalue weighted by molar-refractivity contribution is -0.121. The van der Waals surface area contributed by atoms with Crippen LogP contribution in [0.3, 0.4) is 0 Å². The molecule has 2 N–H and O–H groups in total. The number of hydrogen-bond donors (Lipinski definition) is 2. The summed E-state index contributed by atoms with van der Waals surface area (Å²) >= 11 is 0. The summed E-state index contributed by atoms with van der Waals surface area (Å²) in [7, 11) is 0. The summed E-state index contributed by atoms with van der Waals surface area (Å²) in [5, 5.41) is 11.2. The molecule has 0 aromatic heterocycles. The number of aliphatic hydroxyl groups excluding tert-OH is 1. The molecular formula is C24H43NO2. The molecule has 0 saturated carbocycles. The van der Waals surface area contributed by atoms with Crippen LogP contribution >= 0.6 is 0 Å². The van der Waals surface area contributed by atoms with E-state index < -0.39 is 0 Å². The maximum atomic E-state index is 11.3. The Hall–Kier alpha value is -1.61. The fourth-order valence-electron chi connectivity index (χ4n) is 2.23. The van der Waals surface area contributed by atoms with Crippen molar-refractivity contribution in [1.29, 1.82) is 0 Å². The fourth-order valence-corrected chi connectivity index (χ4v) is 2.23. The zero-order chi connectivity index (χ0) is 20.4. The van der Waals surface area contributed by atoms with Gasteiger partial charge in [0.25, 0.3) is 0 Å². The minimum Gasteiger partial charge on any atom is -0.395 e. The van der Waals surface area contributed by atoms with E-state index in [0.29, 0.717) is 13.0 Å². The van der Waals surface area contributed by atoms with Crippen LogP contribution in [-0.2, 0) is 4.79 Å². The van der Waals surface area contributed by atoms with Crippen molar-refractivity contribution in [1.82, 2.24) is 5.32 Å². The maximum absolute atomic E-state index is 11.3. The Morgan fingerprint density at radius 2 is 1.26 bits per heavy atom. The molecule has 0 radical (unpaired) electrons. The molecule has 156 valence electrons. The third-order valence-electron chi connectivity index (χ3n) is 3.67. The van der Waals surface area contributed by atoms with Crippen molar-refractivity contribution in [2.24, 2.45) is 0 Å². The van der Waals surface area contributed by atoms with E-state index in [1.54, 1.807) is 0 Å². The highest BCUT2D eigenvalue weighted by Gasteiger charge is 1.97. The van der Waals surface area contributed by atoms with Gasteiger partial charge in [0.05, 0.1) is 6.61 Å². The van der Waals surface area contributed by atoms with E-state index in [1.165, 1.54) is 25.7 Å². The highest BCUT2D eigenvalue weighted by molar-refractivity contribution is 5.75. The molecule has 0 aliphatic rings. The summed E-state index contributed by atoms with van der Waals surface area (Å²) in [5.74, 6) is 0.0185. The summed E-state index contributed by atoms with van der Waals surface area (Å²) in [6, 6.07) is 0. The average molecular weight is 378 g/mol. The molecule has 0 fully saturated rings. The second-order valence-electron chi connectivity index (χ2n) is 6.05. The molecule has 0 aliphatic carbocycles. The first kappa shape index (κ1) is 27.6. The highest BCUT2D eigenvalue weighted by Crippen LogP contribution is 2.01. The molecule has 0 saturated heterocycles. The number of amides is 1. The van der Waals surface area contributed by atoms with Crippen molar-refractivity contribution >= 4 is 5.91 Å². The first-order valence-corrected chi connectivity index (χ1v) is 10.8. The summed E-state index contributed by atoms with van der Waals surface area (Å²) in [5.41, 5.74) is 0. The smallest absolute Gasteiger partial charge is 0.220 e. The average Bonchev–Trinajstić information content (AvgIpc) is 2.70. The number of allylic oxidation sites excluding steroid dienone is 8. The monoisotopic (exact) mass is 377 g/mol. The van der Waals surface area contributed by atoms with E-state index in [2.05, 4.69) is 60.8 Å². The molecule has 0 aromatic rings. The lowest BCUT2D eigenvalue weighted by atomic mass is 10.2. The van der Waals surface area contributed by atoms with Gasteiger partial charge >= 0.3 is 0 Å². The van der Waals surface area contributed by atoms with Gasteiger partial charge in [0.1, 0.15) is 0 Å². The van der Waals surface area contributed by atoms with Crippen molar-refractivity contribution in [2.75, 3.05) is 13.2 Å². The summed E-state index contributed by atoms with van der Waals surface area (Å²) in [4.78, 5) is 11.3. The number of aliphatic hydroxyl groups is 1. The van der Waals surface area contributed by atoms with Crippen molar-refractivity contribution < 1.29 is 9.90 Å². The third kappa shape index (κ3) is 26.7. The first-order chi connectivity index (χ1) is 13.3. The minimum atomic E-state index is 0.00289. The van der Waals surface area contributed by atoms with Crippen LogP contribution in [0.1, 0.15) is 85.0 Å². The van der Waals surface area contributed by atoms with Gasteiger partial charge in [0.2, 0.25) is 5.91 Å². The Morgan fingerprint density at radius 3 is 1.74 bits per heavy atom. The quantitative estimate of drug-likeness (QED) is 0.246. The van der Waals surface area contributed by atoms with Crippen molar-refractivity contribution in [3.8, 4) is 0 Å². The van der Waals surface area contributed by atoms with Gasteiger partial charge in [0, 0.05) is 13.0 Å². The number of unbranched alkanes of at least 4 members (excludes halogenated alkanes) is 4. The molecule has 0 spiro atoms. The van der Waals surface area contributed by atoms with Gasteiger partial charge in [-0.1, -0.05) is 82.2 Å². The van der Waals surface area contributed by atoms with Gasteiger partial charge in [-0.25, -0.2) is 0 Å². The minimum absolute atomic E-state index is 0.00289. The standard InChI is InChI=1S/C22H37NO2.C2H6/c1-2-3-4-5-6-7-8-9-10-11-12-13-14-15-16-17-18-19-22(25)23-20-21-24;1-2/h6-7,9-10,12-13,15-16,24H,2-5,8,11,14,17-21H2,1H3,(H,23,25);1-2H3/b7-6-,10-9-,13-12-,16-15-;. The lowest BCUT2D eigenvalue weighted by Gasteiger charge is -2.00. The molecule has 0 unspecified atom stereocenters. The second kappa shape index (κ2) is 26.6. The summed E-state index contributed by atoms with van der Waals surface area (Å²) < 4.78 is 0. The Bertz CT molecular complexity index is 409. The molecule has 0 aromatic carbocycles. The van der Waals surface area contributed by atoms with Crippen molar-refractivity contribution in [2.45, 2.75) is 85.0 Å². The predicted molar refractivity (Wildman–Crippen MR) is 120 cm³/mol. The van der Waals surface area contributed by atoms with Crippen molar-refractivity contribution in [3.63, 3.8) is 0 Å². The molecule has 0 rings (SSSR count). The number of rotatable bonds is 16. The van der Waals surface area contributed by atoms with Gasteiger partial charge in [-0.2, -0.15) is 0 Å². The van der Waals surface area contributed by atoms with E-state index in [-0.39, 0.29) is 12.5 Å². The lowest BCUT2D eigenvalue weighted by Crippen LogP contribution is -2.25. The van der Waals surface area contributed by atoms with E-state index in [4.69, 9.17) is 5.11 Å². The zero-order valence-corrected chi connectivity index (χ0v) is 18.0. The normalized spacial score (nSPS) is 11.6.